The summed E-state index contributed by atoms with van der Waals surface area (Å²) in [7, 11) is 0. The van der Waals surface area contributed by atoms with Crippen LogP contribution >= 0.6 is 0 Å². The number of imide groups is 1. The molecule has 24 heavy (non-hydrogen) atoms. The van der Waals surface area contributed by atoms with Gasteiger partial charge in [-0.3, -0.25) is 14.5 Å². The number of carboxylic acids is 1. The Kier molecular flexibility index (Phi) is 7.48. The van der Waals surface area contributed by atoms with E-state index in [-0.39, 0.29) is 23.1 Å². The second-order valence-corrected chi connectivity index (χ2v) is 4.70. The fourth-order valence-corrected chi connectivity index (χ4v) is 2.00. The molecule has 1 aromatic rings. The minimum atomic E-state index is -1.21. The number of rotatable bonds is 7. The van der Waals surface area contributed by atoms with Crippen molar-refractivity contribution in [1.29, 1.82) is 0 Å². The number of carboxylic acid groups (broad SMARTS) is 1. The molecule has 1 heterocycles. The number of hydrogen-bond acceptors (Lipinski definition) is 5. The first-order valence-corrected chi connectivity index (χ1v) is 7.71. The molecule has 0 saturated heterocycles. The van der Waals surface area contributed by atoms with E-state index in [0.717, 1.165) is 4.90 Å². The van der Waals surface area contributed by atoms with Gasteiger partial charge >= 0.3 is 5.97 Å². The molecule has 0 aliphatic carbocycles. The molecule has 0 spiro atoms. The highest BCUT2D eigenvalue weighted by molar-refractivity contribution is 6.12. The summed E-state index contributed by atoms with van der Waals surface area (Å²) in [5.41, 5.74) is -0.189. The van der Waals surface area contributed by atoms with Gasteiger partial charge in [-0.1, -0.05) is 13.8 Å². The Labute approximate surface area is 140 Å². The van der Waals surface area contributed by atoms with E-state index in [1.165, 1.54) is 30.4 Å². The third-order valence-corrected chi connectivity index (χ3v) is 3.14. The minimum absolute atomic E-state index is 0.189. The van der Waals surface area contributed by atoms with Gasteiger partial charge in [0.15, 0.2) is 0 Å². The van der Waals surface area contributed by atoms with Crippen molar-refractivity contribution in [2.24, 2.45) is 0 Å². The Morgan fingerprint density at radius 1 is 1.12 bits per heavy atom. The van der Waals surface area contributed by atoms with E-state index in [4.69, 9.17) is 9.84 Å². The molecule has 0 saturated carbocycles. The van der Waals surface area contributed by atoms with Crippen molar-refractivity contribution in [1.82, 2.24) is 4.90 Å². The number of unbranched alkanes of at least 4 members (excludes halogenated alkanes) is 1. The maximum Gasteiger partial charge on any atom is 0.339 e. The quantitative estimate of drug-likeness (QED) is 0.585. The maximum atomic E-state index is 11.3. The lowest BCUT2D eigenvalue weighted by molar-refractivity contribution is -0.136. The summed E-state index contributed by atoms with van der Waals surface area (Å²) < 4.78 is 5.38. The first kappa shape index (κ1) is 19.2. The first-order chi connectivity index (χ1) is 11.5. The lowest BCUT2D eigenvalue weighted by atomic mass is 10.2. The van der Waals surface area contributed by atoms with Crippen LogP contribution in [-0.2, 0) is 9.59 Å². The van der Waals surface area contributed by atoms with Gasteiger partial charge in [0.05, 0.1) is 6.61 Å². The monoisotopic (exact) mass is 335 g/mol. The number of aromatic carboxylic acids is 1. The summed E-state index contributed by atoms with van der Waals surface area (Å²) in [5, 5.41) is 18.3. The average molecular weight is 335 g/mol. The van der Waals surface area contributed by atoms with E-state index in [1.807, 2.05) is 13.8 Å². The van der Waals surface area contributed by atoms with Crippen molar-refractivity contribution >= 4 is 17.8 Å². The molecule has 0 unspecified atom stereocenters. The van der Waals surface area contributed by atoms with Crippen LogP contribution in [-0.4, -0.2) is 46.0 Å². The van der Waals surface area contributed by atoms with Crippen LogP contribution in [0.3, 0.4) is 0 Å². The predicted molar refractivity (Wildman–Crippen MR) is 87.0 cm³/mol. The molecule has 0 fully saturated rings. The molecule has 0 bridgehead atoms. The molecule has 1 aliphatic rings. The van der Waals surface area contributed by atoms with Gasteiger partial charge in [-0.15, -0.1) is 0 Å². The molecule has 7 nitrogen and oxygen atoms in total. The predicted octanol–water partition coefficient (Wildman–Crippen LogP) is 2.20. The molecule has 2 rings (SSSR count). The zero-order chi connectivity index (χ0) is 18.1. The zero-order valence-corrected chi connectivity index (χ0v) is 13.7. The standard InChI is InChI=1S/C15H15NO6.C2H6/c17-12-9-10(3-4-11(12)15(20)21)22-8-2-1-7-16-13(18)5-6-14(16)19;1-2/h3-6,9,17H,1-2,7-8H2,(H,20,21);1-2H3. The Morgan fingerprint density at radius 2 is 1.75 bits per heavy atom. The average Bonchev–Trinajstić information content (AvgIpc) is 2.88. The number of phenols is 1. The van der Waals surface area contributed by atoms with Gasteiger partial charge in [-0.05, 0) is 25.0 Å². The lowest BCUT2D eigenvalue weighted by Crippen LogP contribution is -2.31. The highest BCUT2D eigenvalue weighted by atomic mass is 16.5. The number of carbonyl (C=O) groups is 3. The fourth-order valence-electron chi connectivity index (χ4n) is 2.00. The molecule has 1 aliphatic heterocycles. The molecule has 0 radical (unpaired) electrons. The molecule has 7 heteroatoms. The topological polar surface area (TPSA) is 104 Å². The van der Waals surface area contributed by atoms with Gasteiger partial charge < -0.3 is 14.9 Å². The number of carbonyl (C=O) groups excluding carboxylic acids is 2. The van der Waals surface area contributed by atoms with Gasteiger partial charge in [0, 0.05) is 24.8 Å². The number of nitrogens with zero attached hydrogens (tertiary/aromatic N) is 1. The highest BCUT2D eigenvalue weighted by Crippen LogP contribution is 2.23. The minimum Gasteiger partial charge on any atom is -0.507 e. The van der Waals surface area contributed by atoms with Gasteiger partial charge in [0.1, 0.15) is 17.1 Å². The maximum absolute atomic E-state index is 11.3. The van der Waals surface area contributed by atoms with Crippen LogP contribution in [0.5, 0.6) is 11.5 Å². The lowest BCUT2D eigenvalue weighted by Gasteiger charge is -2.13. The van der Waals surface area contributed by atoms with Crippen LogP contribution in [0.15, 0.2) is 30.4 Å². The van der Waals surface area contributed by atoms with Crippen molar-refractivity contribution in [3.05, 3.63) is 35.9 Å². The van der Waals surface area contributed by atoms with Crippen LogP contribution in [0, 0.1) is 0 Å². The molecule has 0 aromatic heterocycles. The first-order valence-electron chi connectivity index (χ1n) is 7.71. The smallest absolute Gasteiger partial charge is 0.339 e. The second-order valence-electron chi connectivity index (χ2n) is 4.70. The number of hydrogen-bond donors (Lipinski definition) is 2. The molecular weight excluding hydrogens is 314 g/mol. The summed E-state index contributed by atoms with van der Waals surface area (Å²) in [4.78, 5) is 34.5. The Bertz CT molecular complexity index is 620. The largest absolute Gasteiger partial charge is 0.507 e. The van der Waals surface area contributed by atoms with Crippen molar-refractivity contribution in [2.45, 2.75) is 26.7 Å². The molecule has 1 aromatic carbocycles. The summed E-state index contributed by atoms with van der Waals surface area (Å²) in [6, 6.07) is 3.96. The van der Waals surface area contributed by atoms with E-state index in [0.29, 0.717) is 31.7 Å². The van der Waals surface area contributed by atoms with Gasteiger partial charge in [-0.2, -0.15) is 0 Å². The van der Waals surface area contributed by atoms with E-state index in [2.05, 4.69) is 0 Å². The molecule has 2 amide bonds. The summed E-state index contributed by atoms with van der Waals surface area (Å²) >= 11 is 0. The van der Waals surface area contributed by atoms with E-state index >= 15 is 0 Å². The van der Waals surface area contributed by atoms with Gasteiger partial charge in [0.25, 0.3) is 11.8 Å². The van der Waals surface area contributed by atoms with Gasteiger partial charge in [0.2, 0.25) is 0 Å². The van der Waals surface area contributed by atoms with E-state index in [9.17, 15) is 19.5 Å². The molecule has 2 N–H and O–H groups in total. The summed E-state index contributed by atoms with van der Waals surface area (Å²) in [6.45, 7) is 4.66. The van der Waals surface area contributed by atoms with Crippen LogP contribution in [0.1, 0.15) is 37.0 Å². The van der Waals surface area contributed by atoms with Crippen LogP contribution < -0.4 is 4.74 Å². The number of aromatic hydroxyl groups is 1. The Balaban J connectivity index is 0.00000139. The van der Waals surface area contributed by atoms with E-state index in [1.54, 1.807) is 0 Å². The normalized spacial score (nSPS) is 12.8. The molecular formula is C17H21NO6. The molecule has 0 atom stereocenters. The fraction of sp³-hybridized carbons (Fsp3) is 0.353. The SMILES string of the molecule is CC.O=C(O)c1ccc(OCCCCN2C(=O)C=CC2=O)cc1O. The third-order valence-electron chi connectivity index (χ3n) is 3.14. The summed E-state index contributed by atoms with van der Waals surface area (Å²) in [6.07, 6.45) is 3.69. The van der Waals surface area contributed by atoms with Crippen LogP contribution in [0.25, 0.3) is 0 Å². The zero-order valence-electron chi connectivity index (χ0n) is 13.7. The van der Waals surface area contributed by atoms with Crippen molar-refractivity contribution in [2.75, 3.05) is 13.2 Å². The second kappa shape index (κ2) is 9.34. The number of amides is 2. The van der Waals surface area contributed by atoms with Crippen molar-refractivity contribution < 1.29 is 29.3 Å². The Hall–Kier alpha value is -2.83. The Morgan fingerprint density at radius 3 is 2.29 bits per heavy atom. The van der Waals surface area contributed by atoms with Crippen molar-refractivity contribution in [3.63, 3.8) is 0 Å². The van der Waals surface area contributed by atoms with Gasteiger partial charge in [-0.25, -0.2) is 4.79 Å². The van der Waals surface area contributed by atoms with Crippen molar-refractivity contribution in [3.8, 4) is 11.5 Å². The third kappa shape index (κ3) is 5.12. The molecule has 130 valence electrons. The number of benzene rings is 1. The van der Waals surface area contributed by atoms with Crippen LogP contribution in [0.4, 0.5) is 0 Å². The van der Waals surface area contributed by atoms with Crippen LogP contribution in [0.2, 0.25) is 0 Å². The highest BCUT2D eigenvalue weighted by Gasteiger charge is 2.22. The number of ether oxygens (including phenoxy) is 1. The van der Waals surface area contributed by atoms with E-state index < -0.39 is 5.97 Å². The summed E-state index contributed by atoms with van der Waals surface area (Å²) in [5.74, 6) is -1.82.